The number of aromatic nitrogens is 2. The van der Waals surface area contributed by atoms with Crippen molar-refractivity contribution in [2.75, 3.05) is 11.9 Å². The molecule has 2 N–H and O–H groups in total. The lowest BCUT2D eigenvalue weighted by atomic mass is 10.1. The van der Waals surface area contributed by atoms with E-state index in [1.165, 1.54) is 24.3 Å². The normalized spacial score (nSPS) is 15.7. The highest BCUT2D eigenvalue weighted by Gasteiger charge is 2.23. The number of urea groups is 1. The number of fused-ring (bicyclic) bond motifs is 1. The van der Waals surface area contributed by atoms with Gasteiger partial charge in [0.25, 0.3) is 0 Å². The van der Waals surface area contributed by atoms with E-state index >= 15 is 0 Å². The summed E-state index contributed by atoms with van der Waals surface area (Å²) in [4.78, 5) is 16.5. The molecule has 0 radical (unpaired) electrons. The van der Waals surface area contributed by atoms with E-state index in [-0.39, 0.29) is 18.0 Å². The Hall–Kier alpha value is -2.90. The maximum absolute atomic E-state index is 12.9. The van der Waals surface area contributed by atoms with Gasteiger partial charge >= 0.3 is 6.03 Å². The van der Waals surface area contributed by atoms with E-state index in [1.54, 1.807) is 0 Å². The van der Waals surface area contributed by atoms with Gasteiger partial charge in [0.2, 0.25) is 0 Å². The Labute approximate surface area is 166 Å². The molecule has 3 aromatic rings. The van der Waals surface area contributed by atoms with Crippen LogP contribution in [0.5, 0.6) is 0 Å². The minimum Gasteiger partial charge on any atom is -0.367 e. The molecule has 28 heavy (non-hydrogen) atoms. The number of nitrogens with one attached hydrogen (secondary N) is 2. The summed E-state index contributed by atoms with van der Waals surface area (Å²) < 4.78 is 20.8. The molecule has 0 saturated heterocycles. The fourth-order valence-electron chi connectivity index (χ4n) is 3.07. The Balaban J connectivity index is 1.37. The summed E-state index contributed by atoms with van der Waals surface area (Å²) in [5.41, 5.74) is 2.52. The fourth-order valence-corrected chi connectivity index (χ4v) is 3.20. The SMILES string of the molecule is O=C(NC[C@H]1Cn2c(-c3ccc(Cl)cc3)cnc2CO1)Nc1ccc(F)cc1. The second-order valence-corrected chi connectivity index (χ2v) is 6.89. The van der Waals surface area contributed by atoms with Gasteiger partial charge < -0.3 is 19.9 Å². The van der Waals surface area contributed by atoms with Crippen LogP contribution in [0.3, 0.4) is 0 Å². The first-order valence-corrected chi connectivity index (χ1v) is 9.18. The molecule has 8 heteroatoms. The van der Waals surface area contributed by atoms with Crippen LogP contribution in [-0.2, 0) is 17.9 Å². The number of rotatable bonds is 4. The smallest absolute Gasteiger partial charge is 0.319 e. The Morgan fingerprint density at radius 2 is 1.96 bits per heavy atom. The molecule has 144 valence electrons. The van der Waals surface area contributed by atoms with E-state index in [1.807, 2.05) is 30.5 Å². The summed E-state index contributed by atoms with van der Waals surface area (Å²) in [5.74, 6) is 0.492. The van der Waals surface area contributed by atoms with Crippen LogP contribution in [0.4, 0.5) is 14.9 Å². The van der Waals surface area contributed by atoms with Gasteiger partial charge in [0.1, 0.15) is 18.2 Å². The number of hydrogen-bond donors (Lipinski definition) is 2. The van der Waals surface area contributed by atoms with Crippen LogP contribution in [0.25, 0.3) is 11.3 Å². The summed E-state index contributed by atoms with van der Waals surface area (Å²) in [6, 6.07) is 12.8. The average molecular weight is 401 g/mol. The van der Waals surface area contributed by atoms with Crippen LogP contribution in [0.15, 0.2) is 54.7 Å². The van der Waals surface area contributed by atoms with E-state index in [0.29, 0.717) is 30.4 Å². The zero-order chi connectivity index (χ0) is 19.5. The summed E-state index contributed by atoms with van der Waals surface area (Å²) in [5, 5.41) is 6.13. The summed E-state index contributed by atoms with van der Waals surface area (Å²) in [6.45, 7) is 1.29. The fraction of sp³-hybridized carbons (Fsp3) is 0.200. The van der Waals surface area contributed by atoms with Gasteiger partial charge in [-0.05, 0) is 42.0 Å². The lowest BCUT2D eigenvalue weighted by Gasteiger charge is -2.26. The van der Waals surface area contributed by atoms with Crippen molar-refractivity contribution in [2.24, 2.45) is 0 Å². The van der Waals surface area contributed by atoms with Crippen LogP contribution in [0, 0.1) is 5.82 Å². The molecule has 0 bridgehead atoms. The highest BCUT2D eigenvalue weighted by Crippen LogP contribution is 2.26. The van der Waals surface area contributed by atoms with E-state index in [9.17, 15) is 9.18 Å². The quantitative estimate of drug-likeness (QED) is 0.693. The van der Waals surface area contributed by atoms with Gasteiger partial charge in [0.15, 0.2) is 0 Å². The minimum absolute atomic E-state index is 0.188. The maximum Gasteiger partial charge on any atom is 0.319 e. The molecule has 1 aliphatic rings. The zero-order valence-electron chi connectivity index (χ0n) is 14.9. The van der Waals surface area contributed by atoms with Crippen LogP contribution in [-0.4, -0.2) is 28.2 Å². The molecule has 2 heterocycles. The highest BCUT2D eigenvalue weighted by atomic mass is 35.5. The third-order valence-corrected chi connectivity index (χ3v) is 4.76. The Morgan fingerprint density at radius 3 is 2.71 bits per heavy atom. The van der Waals surface area contributed by atoms with Crippen molar-refractivity contribution in [3.63, 3.8) is 0 Å². The Bertz CT molecular complexity index is 973. The number of amides is 2. The second-order valence-electron chi connectivity index (χ2n) is 6.45. The van der Waals surface area contributed by atoms with Gasteiger partial charge in [-0.15, -0.1) is 0 Å². The molecule has 0 spiro atoms. The van der Waals surface area contributed by atoms with Crippen molar-refractivity contribution in [3.8, 4) is 11.3 Å². The standard InChI is InChI=1S/C20H18ClFN4O2/c21-14-3-1-13(2-4-14)18-10-23-19-12-28-17(11-26(18)19)9-24-20(27)25-16-7-5-15(22)6-8-16/h1-8,10,17H,9,11-12H2,(H2,24,25,27)/t17-/m0/s1. The lowest BCUT2D eigenvalue weighted by Crippen LogP contribution is -2.40. The van der Waals surface area contributed by atoms with E-state index in [0.717, 1.165) is 17.1 Å². The predicted molar refractivity (Wildman–Crippen MR) is 105 cm³/mol. The van der Waals surface area contributed by atoms with Crippen LogP contribution >= 0.6 is 11.6 Å². The number of anilines is 1. The topological polar surface area (TPSA) is 68.2 Å². The van der Waals surface area contributed by atoms with Crippen molar-refractivity contribution in [1.29, 1.82) is 0 Å². The summed E-state index contributed by atoms with van der Waals surface area (Å²) in [6.07, 6.45) is 1.63. The van der Waals surface area contributed by atoms with Crippen molar-refractivity contribution in [1.82, 2.24) is 14.9 Å². The molecule has 0 aliphatic carbocycles. The lowest BCUT2D eigenvalue weighted by molar-refractivity contribution is 0.00515. The van der Waals surface area contributed by atoms with Crippen molar-refractivity contribution in [2.45, 2.75) is 19.3 Å². The number of carbonyl (C=O) groups is 1. The number of ether oxygens (including phenoxy) is 1. The largest absolute Gasteiger partial charge is 0.367 e. The number of benzene rings is 2. The third-order valence-electron chi connectivity index (χ3n) is 4.50. The molecular formula is C20H18ClFN4O2. The number of halogens is 2. The molecule has 0 saturated carbocycles. The molecule has 0 fully saturated rings. The molecule has 1 aliphatic heterocycles. The van der Waals surface area contributed by atoms with Crippen LogP contribution in [0.2, 0.25) is 5.02 Å². The van der Waals surface area contributed by atoms with Gasteiger partial charge in [0.05, 0.1) is 24.5 Å². The Morgan fingerprint density at radius 1 is 1.21 bits per heavy atom. The summed E-state index contributed by atoms with van der Waals surface area (Å²) >= 11 is 5.97. The van der Waals surface area contributed by atoms with Crippen LogP contribution < -0.4 is 10.6 Å². The zero-order valence-corrected chi connectivity index (χ0v) is 15.6. The Kier molecular flexibility index (Phi) is 5.27. The number of nitrogens with zero attached hydrogens (tertiary/aromatic N) is 2. The van der Waals surface area contributed by atoms with Gasteiger partial charge in [-0.2, -0.15) is 0 Å². The van der Waals surface area contributed by atoms with Gasteiger partial charge in [-0.3, -0.25) is 0 Å². The third kappa shape index (κ3) is 4.16. The molecular weight excluding hydrogens is 383 g/mol. The molecule has 1 aromatic heterocycles. The van der Waals surface area contributed by atoms with E-state index in [4.69, 9.17) is 16.3 Å². The molecule has 2 amide bonds. The summed E-state index contributed by atoms with van der Waals surface area (Å²) in [7, 11) is 0. The van der Waals surface area contributed by atoms with E-state index in [2.05, 4.69) is 20.2 Å². The van der Waals surface area contributed by atoms with Gasteiger partial charge in [-0.1, -0.05) is 23.7 Å². The molecule has 2 aromatic carbocycles. The molecule has 1 atom stereocenters. The number of hydrogen-bond acceptors (Lipinski definition) is 3. The van der Waals surface area contributed by atoms with E-state index < -0.39 is 0 Å². The molecule has 4 rings (SSSR count). The first kappa shape index (κ1) is 18.5. The van der Waals surface area contributed by atoms with Gasteiger partial charge in [-0.25, -0.2) is 14.2 Å². The number of imidazole rings is 1. The van der Waals surface area contributed by atoms with Gasteiger partial charge in [0, 0.05) is 17.3 Å². The van der Waals surface area contributed by atoms with Crippen LogP contribution in [0.1, 0.15) is 5.82 Å². The maximum atomic E-state index is 12.9. The van der Waals surface area contributed by atoms with Crippen molar-refractivity contribution < 1.29 is 13.9 Å². The first-order chi connectivity index (χ1) is 13.6. The van der Waals surface area contributed by atoms with Crippen molar-refractivity contribution >= 4 is 23.3 Å². The predicted octanol–water partition coefficient (Wildman–Crippen LogP) is 4.06. The molecule has 6 nitrogen and oxygen atoms in total. The van der Waals surface area contributed by atoms with Crippen molar-refractivity contribution in [3.05, 3.63) is 71.4 Å². The molecule has 0 unspecified atom stereocenters. The highest BCUT2D eigenvalue weighted by molar-refractivity contribution is 6.30. The monoisotopic (exact) mass is 400 g/mol. The number of carbonyl (C=O) groups excluding carboxylic acids is 1. The minimum atomic E-state index is -0.371. The second kappa shape index (κ2) is 8.00. The first-order valence-electron chi connectivity index (χ1n) is 8.81. The average Bonchev–Trinajstić information content (AvgIpc) is 3.12.